The van der Waals surface area contributed by atoms with Crippen LogP contribution in [0.25, 0.3) is 0 Å². The van der Waals surface area contributed by atoms with E-state index in [0.717, 1.165) is 26.3 Å². The van der Waals surface area contributed by atoms with Gasteiger partial charge in [-0.1, -0.05) is 11.8 Å². The van der Waals surface area contributed by atoms with Crippen molar-refractivity contribution in [2.24, 2.45) is 0 Å². The first-order chi connectivity index (χ1) is 11.7. The molecule has 5 nitrogen and oxygen atoms in total. The van der Waals surface area contributed by atoms with Gasteiger partial charge in [0.15, 0.2) is 0 Å². The lowest BCUT2D eigenvalue weighted by Crippen LogP contribution is -2.42. The minimum absolute atomic E-state index is 0.0360. The molecule has 0 radical (unpaired) electrons. The van der Waals surface area contributed by atoms with Crippen LogP contribution in [-0.2, 0) is 0 Å². The summed E-state index contributed by atoms with van der Waals surface area (Å²) < 4.78 is 6.17. The number of fused-ring (bicyclic) bond motifs is 2. The van der Waals surface area contributed by atoms with Crippen LogP contribution in [-0.4, -0.2) is 36.1 Å². The van der Waals surface area contributed by atoms with Crippen molar-refractivity contribution in [2.75, 3.05) is 7.11 Å². The third-order valence-electron chi connectivity index (χ3n) is 4.57. The summed E-state index contributed by atoms with van der Waals surface area (Å²) in [4.78, 5) is 17.6. The van der Waals surface area contributed by atoms with E-state index in [-0.39, 0.29) is 11.9 Å². The second kappa shape index (κ2) is 6.74. The number of aromatic nitrogens is 1. The van der Waals surface area contributed by atoms with Crippen LogP contribution < -0.4 is 15.4 Å². The molecule has 24 heavy (non-hydrogen) atoms. The number of hydrogen-bond donors (Lipinski definition) is 2. The summed E-state index contributed by atoms with van der Waals surface area (Å²) in [5, 5.41) is 7.63. The van der Waals surface area contributed by atoms with E-state index in [1.54, 1.807) is 25.1 Å². The number of hydrogen-bond acceptors (Lipinski definition) is 6. The van der Waals surface area contributed by atoms with Crippen molar-refractivity contribution in [2.45, 2.75) is 46.6 Å². The van der Waals surface area contributed by atoms with Crippen molar-refractivity contribution in [3.8, 4) is 5.75 Å². The van der Waals surface area contributed by atoms with E-state index in [9.17, 15) is 4.79 Å². The van der Waals surface area contributed by atoms with Gasteiger partial charge in [-0.2, -0.15) is 0 Å². The van der Waals surface area contributed by atoms with Crippen LogP contribution in [0.5, 0.6) is 5.75 Å². The summed E-state index contributed by atoms with van der Waals surface area (Å²) in [5.74, 6) is 0.777. The van der Waals surface area contributed by atoms with E-state index >= 15 is 0 Å². The highest BCUT2D eigenvalue weighted by atomic mass is 32.2. The fraction of sp³-hybridized carbons (Fsp3) is 0.412. The summed E-state index contributed by atoms with van der Waals surface area (Å²) in [6.45, 7) is 0. The number of pyridine rings is 1. The quantitative estimate of drug-likeness (QED) is 0.857. The normalized spacial score (nSPS) is 25.0. The number of thiophene rings is 1. The van der Waals surface area contributed by atoms with Crippen molar-refractivity contribution in [1.29, 1.82) is 0 Å². The van der Waals surface area contributed by atoms with E-state index in [4.69, 9.17) is 4.74 Å². The zero-order chi connectivity index (χ0) is 16.5. The van der Waals surface area contributed by atoms with Gasteiger partial charge in [0.1, 0.15) is 10.8 Å². The average molecular weight is 361 g/mol. The van der Waals surface area contributed by atoms with Gasteiger partial charge in [-0.05, 0) is 43.5 Å². The number of ether oxygens (including phenoxy) is 1. The first-order valence-corrected chi connectivity index (χ1v) is 9.69. The average Bonchev–Trinajstić information content (AvgIpc) is 3.32. The number of nitrogens with one attached hydrogen (secondary N) is 2. The third-order valence-corrected chi connectivity index (χ3v) is 6.74. The second-order valence-electron chi connectivity index (χ2n) is 6.12. The number of nitrogens with zero attached hydrogens (tertiary/aromatic N) is 1. The predicted octanol–water partition coefficient (Wildman–Crippen LogP) is 2.93. The van der Waals surface area contributed by atoms with Gasteiger partial charge in [0.2, 0.25) is 0 Å². The Hall–Kier alpha value is -1.57. The molecule has 2 bridgehead atoms. The second-order valence-corrected chi connectivity index (χ2v) is 8.52. The van der Waals surface area contributed by atoms with Crippen LogP contribution in [0.3, 0.4) is 0 Å². The molecular weight excluding hydrogens is 342 g/mol. The predicted molar refractivity (Wildman–Crippen MR) is 95.0 cm³/mol. The monoisotopic (exact) mass is 361 g/mol. The Morgan fingerprint density at radius 2 is 2.29 bits per heavy atom. The highest BCUT2D eigenvalue weighted by Gasteiger charge is 2.39. The molecule has 1 amide bonds. The maximum atomic E-state index is 12.5. The summed E-state index contributed by atoms with van der Waals surface area (Å²) in [6.07, 6.45) is 5.17. The summed E-state index contributed by atoms with van der Waals surface area (Å²) >= 11 is 3.07. The first kappa shape index (κ1) is 15.9. The Morgan fingerprint density at radius 1 is 1.38 bits per heavy atom. The molecule has 2 N–H and O–H groups in total. The van der Waals surface area contributed by atoms with E-state index in [0.29, 0.717) is 12.1 Å². The topological polar surface area (TPSA) is 63.2 Å². The first-order valence-electron chi connectivity index (χ1n) is 8.06. The maximum Gasteiger partial charge on any atom is 0.261 e. The van der Waals surface area contributed by atoms with Gasteiger partial charge in [-0.15, -0.1) is 11.3 Å². The van der Waals surface area contributed by atoms with Crippen molar-refractivity contribution >= 4 is 29.0 Å². The zero-order valence-electron chi connectivity index (χ0n) is 13.3. The molecule has 4 rings (SSSR count). The van der Waals surface area contributed by atoms with Crippen molar-refractivity contribution < 1.29 is 9.53 Å². The van der Waals surface area contributed by atoms with Gasteiger partial charge >= 0.3 is 0 Å². The van der Waals surface area contributed by atoms with E-state index in [1.165, 1.54) is 24.2 Å². The number of rotatable bonds is 5. The van der Waals surface area contributed by atoms with Crippen LogP contribution in [0.4, 0.5) is 0 Å². The van der Waals surface area contributed by atoms with Crippen molar-refractivity contribution in [3.63, 3.8) is 0 Å². The minimum Gasteiger partial charge on any atom is -0.495 e. The SMILES string of the molecule is COc1ccc(Sc2ccc(C(=O)N[C@@H]3C[C@H]4CC[C@@H]3N4)s2)nc1. The highest BCUT2D eigenvalue weighted by molar-refractivity contribution is 8.01. The Labute approximate surface area is 149 Å². The molecule has 0 saturated carbocycles. The lowest BCUT2D eigenvalue weighted by atomic mass is 9.95. The molecule has 3 atom stereocenters. The van der Waals surface area contributed by atoms with E-state index in [1.807, 2.05) is 24.3 Å². The highest BCUT2D eigenvalue weighted by Crippen LogP contribution is 2.33. The standard InChI is InChI=1S/C17H19N3O2S2/c1-22-11-3-6-15(18-9-11)24-16-7-5-14(23-16)17(21)20-13-8-10-2-4-12(13)19-10/h3,5-7,9-10,12-13,19H,2,4,8H2,1H3,(H,20,21)/t10-,12+,13-/m1/s1. The smallest absolute Gasteiger partial charge is 0.261 e. The zero-order valence-corrected chi connectivity index (χ0v) is 15.0. The summed E-state index contributed by atoms with van der Waals surface area (Å²) in [5.41, 5.74) is 0. The maximum absolute atomic E-state index is 12.5. The fourth-order valence-corrected chi connectivity index (χ4v) is 5.29. The van der Waals surface area contributed by atoms with Gasteiger partial charge in [0.25, 0.3) is 5.91 Å². The molecule has 126 valence electrons. The summed E-state index contributed by atoms with van der Waals surface area (Å²) in [7, 11) is 1.62. The largest absolute Gasteiger partial charge is 0.495 e. The van der Waals surface area contributed by atoms with E-state index < -0.39 is 0 Å². The van der Waals surface area contributed by atoms with Gasteiger partial charge in [0.05, 0.1) is 22.4 Å². The fourth-order valence-electron chi connectivity index (χ4n) is 3.37. The Balaban J connectivity index is 1.37. The van der Waals surface area contributed by atoms with Crippen molar-refractivity contribution in [3.05, 3.63) is 35.3 Å². The number of amides is 1. The Kier molecular flexibility index (Phi) is 4.47. The Morgan fingerprint density at radius 3 is 2.96 bits per heavy atom. The minimum atomic E-state index is 0.0360. The van der Waals surface area contributed by atoms with Crippen LogP contribution in [0.1, 0.15) is 28.9 Å². The van der Waals surface area contributed by atoms with Gasteiger partial charge in [0, 0.05) is 18.1 Å². The molecule has 2 aromatic heterocycles. The molecule has 0 spiro atoms. The number of methoxy groups -OCH3 is 1. The molecule has 2 aliphatic heterocycles. The Bertz CT molecular complexity index is 732. The lowest BCUT2D eigenvalue weighted by molar-refractivity contribution is 0.0935. The molecule has 2 aliphatic rings. The summed E-state index contributed by atoms with van der Waals surface area (Å²) in [6, 6.07) is 9.01. The molecule has 2 aromatic rings. The number of carbonyl (C=O) groups excluding carboxylic acids is 1. The molecule has 2 fully saturated rings. The molecule has 2 saturated heterocycles. The third kappa shape index (κ3) is 3.29. The van der Waals surface area contributed by atoms with Gasteiger partial charge in [-0.3, -0.25) is 4.79 Å². The van der Waals surface area contributed by atoms with Gasteiger partial charge < -0.3 is 15.4 Å². The van der Waals surface area contributed by atoms with Crippen LogP contribution in [0, 0.1) is 0 Å². The molecule has 7 heteroatoms. The van der Waals surface area contributed by atoms with E-state index in [2.05, 4.69) is 15.6 Å². The van der Waals surface area contributed by atoms with Crippen LogP contribution >= 0.6 is 23.1 Å². The molecule has 0 aliphatic carbocycles. The number of carbonyl (C=O) groups is 1. The molecule has 0 unspecified atom stereocenters. The lowest BCUT2D eigenvalue weighted by Gasteiger charge is -2.20. The molecular formula is C17H19N3O2S2. The van der Waals surface area contributed by atoms with Crippen LogP contribution in [0.2, 0.25) is 0 Å². The van der Waals surface area contributed by atoms with Gasteiger partial charge in [-0.25, -0.2) is 4.98 Å². The molecule has 4 heterocycles. The molecule has 0 aromatic carbocycles. The van der Waals surface area contributed by atoms with Crippen molar-refractivity contribution in [1.82, 2.24) is 15.6 Å². The van der Waals surface area contributed by atoms with Crippen LogP contribution in [0.15, 0.2) is 39.7 Å².